The van der Waals surface area contributed by atoms with Gasteiger partial charge in [-0.2, -0.15) is 0 Å². The van der Waals surface area contributed by atoms with E-state index in [0.717, 1.165) is 22.5 Å². The molecule has 1 heterocycles. The molecule has 2 aromatic rings. The zero-order valence-electron chi connectivity index (χ0n) is 9.44. The van der Waals surface area contributed by atoms with Crippen molar-refractivity contribution in [2.45, 2.75) is 20.5 Å². The van der Waals surface area contributed by atoms with Crippen LogP contribution in [0.3, 0.4) is 0 Å². The molecule has 0 fully saturated rings. The Morgan fingerprint density at radius 1 is 1.06 bits per heavy atom. The highest BCUT2D eigenvalue weighted by Gasteiger charge is 2.03. The molecule has 3 heteroatoms. The van der Waals surface area contributed by atoms with E-state index < -0.39 is 0 Å². The average molecular weight is 214 g/mol. The van der Waals surface area contributed by atoms with E-state index in [1.165, 1.54) is 0 Å². The summed E-state index contributed by atoms with van der Waals surface area (Å²) in [6.45, 7) is 3.95. The van der Waals surface area contributed by atoms with E-state index in [-0.39, 0.29) is 6.61 Å². The van der Waals surface area contributed by atoms with Crippen LogP contribution < -0.4 is 0 Å². The maximum Gasteiger partial charge on any atom is 0.159 e. The molecular formula is C13H14N2O. The van der Waals surface area contributed by atoms with Crippen LogP contribution >= 0.6 is 0 Å². The Hall–Kier alpha value is -1.74. The molecule has 1 N–H and O–H groups in total. The number of rotatable bonds is 2. The van der Waals surface area contributed by atoms with Gasteiger partial charge in [0.15, 0.2) is 5.82 Å². The lowest BCUT2D eigenvalue weighted by Crippen LogP contribution is -1.95. The molecule has 0 aliphatic heterocycles. The van der Waals surface area contributed by atoms with Crippen molar-refractivity contribution in [2.24, 2.45) is 0 Å². The van der Waals surface area contributed by atoms with Crippen LogP contribution in [0.5, 0.6) is 0 Å². The Labute approximate surface area is 94.8 Å². The zero-order chi connectivity index (χ0) is 11.5. The predicted molar refractivity (Wildman–Crippen MR) is 62.9 cm³/mol. The van der Waals surface area contributed by atoms with Crippen LogP contribution in [0.2, 0.25) is 0 Å². The van der Waals surface area contributed by atoms with Gasteiger partial charge in [0.1, 0.15) is 0 Å². The summed E-state index contributed by atoms with van der Waals surface area (Å²) in [5.41, 5.74) is 3.73. The van der Waals surface area contributed by atoms with Gasteiger partial charge in [0.05, 0.1) is 6.61 Å². The first-order valence-corrected chi connectivity index (χ1v) is 5.21. The largest absolute Gasteiger partial charge is 0.392 e. The molecule has 0 amide bonds. The number of hydrogen-bond donors (Lipinski definition) is 1. The minimum Gasteiger partial charge on any atom is -0.392 e. The van der Waals surface area contributed by atoms with E-state index in [1.807, 2.05) is 44.2 Å². The van der Waals surface area contributed by atoms with E-state index in [4.69, 9.17) is 5.11 Å². The third-order valence-corrected chi connectivity index (χ3v) is 2.35. The van der Waals surface area contributed by atoms with Gasteiger partial charge in [-0.15, -0.1) is 0 Å². The standard InChI is InChI=1S/C13H14N2O/c1-9-6-10(2)15-13(14-9)12-5-3-4-11(7-12)8-16/h3-7,16H,8H2,1-2H3. The Kier molecular flexibility index (Phi) is 2.97. The first kappa shape index (κ1) is 10.8. The van der Waals surface area contributed by atoms with Gasteiger partial charge in [0.25, 0.3) is 0 Å². The lowest BCUT2D eigenvalue weighted by atomic mass is 10.1. The van der Waals surface area contributed by atoms with Crippen molar-refractivity contribution in [3.05, 3.63) is 47.3 Å². The fourth-order valence-electron chi connectivity index (χ4n) is 1.66. The van der Waals surface area contributed by atoms with Crippen molar-refractivity contribution < 1.29 is 5.11 Å². The van der Waals surface area contributed by atoms with Gasteiger partial charge < -0.3 is 5.11 Å². The highest BCUT2D eigenvalue weighted by Crippen LogP contribution is 2.17. The maximum atomic E-state index is 9.08. The molecule has 0 atom stereocenters. The minimum absolute atomic E-state index is 0.0403. The quantitative estimate of drug-likeness (QED) is 0.834. The molecule has 0 saturated carbocycles. The Balaban J connectivity index is 2.49. The monoisotopic (exact) mass is 214 g/mol. The van der Waals surface area contributed by atoms with Gasteiger partial charge in [-0.05, 0) is 31.5 Å². The molecule has 1 aromatic carbocycles. The second kappa shape index (κ2) is 4.41. The molecule has 3 nitrogen and oxygen atoms in total. The molecule has 0 saturated heterocycles. The fraction of sp³-hybridized carbons (Fsp3) is 0.231. The molecule has 0 spiro atoms. The summed E-state index contributed by atoms with van der Waals surface area (Å²) in [4.78, 5) is 8.77. The number of aliphatic hydroxyl groups excluding tert-OH is 1. The van der Waals surface area contributed by atoms with Crippen LogP contribution in [0, 0.1) is 13.8 Å². The summed E-state index contributed by atoms with van der Waals surface area (Å²) in [7, 11) is 0. The third-order valence-electron chi connectivity index (χ3n) is 2.35. The lowest BCUT2D eigenvalue weighted by molar-refractivity contribution is 0.282. The molecule has 2 rings (SSSR count). The first-order chi connectivity index (χ1) is 7.69. The predicted octanol–water partition coefficient (Wildman–Crippen LogP) is 2.25. The molecule has 0 bridgehead atoms. The lowest BCUT2D eigenvalue weighted by Gasteiger charge is -2.04. The van der Waals surface area contributed by atoms with Crippen molar-refractivity contribution in [1.82, 2.24) is 9.97 Å². The second-order valence-corrected chi connectivity index (χ2v) is 3.83. The van der Waals surface area contributed by atoms with Gasteiger partial charge in [0.2, 0.25) is 0 Å². The topological polar surface area (TPSA) is 46.0 Å². The summed E-state index contributed by atoms with van der Waals surface area (Å²) >= 11 is 0. The van der Waals surface area contributed by atoms with E-state index in [1.54, 1.807) is 0 Å². The van der Waals surface area contributed by atoms with Gasteiger partial charge >= 0.3 is 0 Å². The fourth-order valence-corrected chi connectivity index (χ4v) is 1.66. The summed E-state index contributed by atoms with van der Waals surface area (Å²) in [6, 6.07) is 9.59. The van der Waals surface area contributed by atoms with Gasteiger partial charge in [-0.3, -0.25) is 0 Å². The summed E-state index contributed by atoms with van der Waals surface area (Å²) in [6.07, 6.45) is 0. The van der Waals surface area contributed by atoms with Crippen LogP contribution in [0.15, 0.2) is 30.3 Å². The van der Waals surface area contributed by atoms with E-state index >= 15 is 0 Å². The zero-order valence-corrected chi connectivity index (χ0v) is 9.44. The number of hydrogen-bond acceptors (Lipinski definition) is 3. The van der Waals surface area contributed by atoms with E-state index in [2.05, 4.69) is 9.97 Å². The van der Waals surface area contributed by atoms with E-state index in [9.17, 15) is 0 Å². The number of benzene rings is 1. The van der Waals surface area contributed by atoms with Crippen LogP contribution in [0.4, 0.5) is 0 Å². The molecule has 0 unspecified atom stereocenters. The van der Waals surface area contributed by atoms with Gasteiger partial charge in [-0.25, -0.2) is 9.97 Å². The van der Waals surface area contributed by atoms with Gasteiger partial charge in [-0.1, -0.05) is 18.2 Å². The molecule has 0 aliphatic rings. The second-order valence-electron chi connectivity index (χ2n) is 3.83. The Morgan fingerprint density at radius 2 is 1.75 bits per heavy atom. The summed E-state index contributed by atoms with van der Waals surface area (Å²) in [5.74, 6) is 0.716. The Bertz CT molecular complexity index is 489. The van der Waals surface area contributed by atoms with Crippen LogP contribution in [0.1, 0.15) is 17.0 Å². The Morgan fingerprint density at radius 3 is 2.38 bits per heavy atom. The summed E-state index contributed by atoms with van der Waals surface area (Å²) < 4.78 is 0. The number of aryl methyl sites for hydroxylation is 2. The highest BCUT2D eigenvalue weighted by atomic mass is 16.3. The number of nitrogens with zero attached hydrogens (tertiary/aromatic N) is 2. The van der Waals surface area contributed by atoms with E-state index in [0.29, 0.717) is 5.82 Å². The molecular weight excluding hydrogens is 200 g/mol. The highest BCUT2D eigenvalue weighted by molar-refractivity contribution is 5.56. The normalized spacial score (nSPS) is 10.4. The maximum absolute atomic E-state index is 9.08. The first-order valence-electron chi connectivity index (χ1n) is 5.21. The van der Waals surface area contributed by atoms with Crippen molar-refractivity contribution in [1.29, 1.82) is 0 Å². The SMILES string of the molecule is Cc1cc(C)nc(-c2cccc(CO)c2)n1. The van der Waals surface area contributed by atoms with Crippen LogP contribution in [-0.4, -0.2) is 15.1 Å². The minimum atomic E-state index is 0.0403. The molecule has 0 radical (unpaired) electrons. The smallest absolute Gasteiger partial charge is 0.159 e. The van der Waals surface area contributed by atoms with Crippen molar-refractivity contribution in [2.75, 3.05) is 0 Å². The number of aliphatic hydroxyl groups is 1. The van der Waals surface area contributed by atoms with Crippen molar-refractivity contribution in [3.63, 3.8) is 0 Å². The van der Waals surface area contributed by atoms with Crippen molar-refractivity contribution in [3.8, 4) is 11.4 Å². The molecule has 0 aliphatic carbocycles. The van der Waals surface area contributed by atoms with Crippen LogP contribution in [-0.2, 0) is 6.61 Å². The number of aromatic nitrogens is 2. The molecule has 82 valence electrons. The summed E-state index contributed by atoms with van der Waals surface area (Å²) in [5, 5.41) is 9.08. The average Bonchev–Trinajstić information content (AvgIpc) is 2.28. The third kappa shape index (κ3) is 2.25. The van der Waals surface area contributed by atoms with Gasteiger partial charge in [0, 0.05) is 17.0 Å². The van der Waals surface area contributed by atoms with Crippen molar-refractivity contribution >= 4 is 0 Å². The molecule has 16 heavy (non-hydrogen) atoms. The molecule has 1 aromatic heterocycles. The van der Waals surface area contributed by atoms with Crippen LogP contribution in [0.25, 0.3) is 11.4 Å².